The molecule has 0 bridgehead atoms. The van der Waals surface area contributed by atoms with E-state index in [4.69, 9.17) is 16.0 Å². The molecule has 9 heteroatoms. The zero-order chi connectivity index (χ0) is 20.4. The first-order valence-electron chi connectivity index (χ1n) is 8.35. The van der Waals surface area contributed by atoms with E-state index in [0.29, 0.717) is 42.9 Å². The molecule has 1 atom stereocenters. The van der Waals surface area contributed by atoms with E-state index in [1.54, 1.807) is 55.0 Å². The third-order valence-electron chi connectivity index (χ3n) is 3.89. The highest BCUT2D eigenvalue weighted by Crippen LogP contribution is 2.38. The number of rotatable bonds is 5. The molecule has 5 nitrogen and oxygen atoms in total. The average molecular weight is 446 g/mol. The highest BCUT2D eigenvalue weighted by Gasteiger charge is 2.19. The second-order valence-corrected chi connectivity index (χ2v) is 8.67. The minimum absolute atomic E-state index is 0.340. The Morgan fingerprint density at radius 3 is 2.38 bits per heavy atom. The van der Waals surface area contributed by atoms with Gasteiger partial charge in [-0.3, -0.25) is 4.21 Å². The maximum absolute atomic E-state index is 13.3. The van der Waals surface area contributed by atoms with Gasteiger partial charge in [0.15, 0.2) is 5.09 Å². The lowest BCUT2D eigenvalue weighted by Crippen LogP contribution is -1.92. The van der Waals surface area contributed by atoms with E-state index in [1.807, 2.05) is 0 Å². The van der Waals surface area contributed by atoms with E-state index in [0.717, 1.165) is 0 Å². The fraction of sp³-hybridized carbons (Fsp3) is 0.0500. The van der Waals surface area contributed by atoms with Gasteiger partial charge in [0, 0.05) is 29.8 Å². The number of hydrogen-bond donors (Lipinski definition) is 0. The van der Waals surface area contributed by atoms with Gasteiger partial charge in [-0.15, -0.1) is 0 Å². The van der Waals surface area contributed by atoms with Crippen molar-refractivity contribution >= 4 is 34.2 Å². The van der Waals surface area contributed by atoms with E-state index in [9.17, 15) is 8.60 Å². The topological polar surface area (TPSA) is 68.9 Å². The Hall–Kier alpha value is -2.55. The minimum atomic E-state index is -1.18. The summed E-state index contributed by atoms with van der Waals surface area (Å²) in [6, 6.07) is 12.9. The van der Waals surface area contributed by atoms with Crippen LogP contribution in [0.5, 0.6) is 0 Å². The van der Waals surface area contributed by atoms with Crippen LogP contribution in [0.4, 0.5) is 4.39 Å². The third-order valence-corrected chi connectivity index (χ3v) is 5.86. The summed E-state index contributed by atoms with van der Waals surface area (Å²) < 4.78 is 30.8. The maximum atomic E-state index is 13.3. The van der Waals surface area contributed by atoms with Gasteiger partial charge in [-0.1, -0.05) is 11.6 Å². The van der Waals surface area contributed by atoms with Crippen molar-refractivity contribution in [2.45, 2.75) is 15.1 Å². The van der Waals surface area contributed by atoms with E-state index < -0.39 is 10.8 Å². The lowest BCUT2D eigenvalue weighted by atomic mass is 10.2. The monoisotopic (exact) mass is 445 g/mol. The van der Waals surface area contributed by atoms with Crippen molar-refractivity contribution in [1.82, 2.24) is 15.0 Å². The average Bonchev–Trinajstić information content (AvgIpc) is 3.14. The molecule has 4 aromatic rings. The van der Waals surface area contributed by atoms with Crippen LogP contribution in [0.3, 0.4) is 0 Å². The SMILES string of the molecule is C[S@@](=O)c1ccc(-c2nc(-c3ccc(F)cc3)oc2Sc2ccc(Cl)cn2)cn1. The smallest absolute Gasteiger partial charge is 0.228 e. The van der Waals surface area contributed by atoms with Crippen molar-refractivity contribution in [1.29, 1.82) is 0 Å². The van der Waals surface area contributed by atoms with Crippen LogP contribution in [0.2, 0.25) is 5.02 Å². The summed E-state index contributed by atoms with van der Waals surface area (Å²) >= 11 is 7.19. The Morgan fingerprint density at radius 1 is 1.00 bits per heavy atom. The molecular formula is C20H13ClFN3O2S2. The highest BCUT2D eigenvalue weighted by molar-refractivity contribution is 7.99. The Kier molecular flexibility index (Phi) is 5.75. The molecule has 0 fully saturated rings. The largest absolute Gasteiger partial charge is 0.429 e. The van der Waals surface area contributed by atoms with Crippen molar-refractivity contribution in [2.24, 2.45) is 0 Å². The molecule has 29 heavy (non-hydrogen) atoms. The van der Waals surface area contributed by atoms with Crippen LogP contribution in [0, 0.1) is 5.82 Å². The molecule has 0 saturated carbocycles. The van der Waals surface area contributed by atoms with Crippen LogP contribution in [-0.4, -0.2) is 25.4 Å². The lowest BCUT2D eigenvalue weighted by molar-refractivity contribution is 0.485. The lowest BCUT2D eigenvalue weighted by Gasteiger charge is -2.02. The quantitative estimate of drug-likeness (QED) is 0.405. The molecule has 0 aliphatic heterocycles. The van der Waals surface area contributed by atoms with Crippen molar-refractivity contribution in [3.05, 3.63) is 71.8 Å². The predicted octanol–water partition coefficient (Wildman–Crippen LogP) is 5.48. The van der Waals surface area contributed by atoms with Gasteiger partial charge in [-0.2, -0.15) is 0 Å². The molecule has 0 saturated heterocycles. The standard InChI is InChI=1S/C20H13ClFN3O2S2/c1-29(26)17-9-4-13(10-24-17)18-20(28-16-8-5-14(21)11-23-16)27-19(25-18)12-2-6-15(22)7-3-12/h2-11H,1H3/t29-/m1/s1. The van der Waals surface area contributed by atoms with Gasteiger partial charge in [-0.25, -0.2) is 19.3 Å². The van der Waals surface area contributed by atoms with E-state index in [-0.39, 0.29) is 5.82 Å². The molecule has 0 amide bonds. The molecule has 146 valence electrons. The van der Waals surface area contributed by atoms with Gasteiger partial charge in [0.1, 0.15) is 21.6 Å². The van der Waals surface area contributed by atoms with Crippen LogP contribution in [-0.2, 0) is 10.8 Å². The normalized spacial score (nSPS) is 12.1. The maximum Gasteiger partial charge on any atom is 0.228 e. The summed E-state index contributed by atoms with van der Waals surface area (Å²) in [5.41, 5.74) is 1.91. The van der Waals surface area contributed by atoms with Crippen molar-refractivity contribution in [3.8, 4) is 22.7 Å². The molecule has 3 heterocycles. The molecule has 4 rings (SSSR count). The second kappa shape index (κ2) is 8.44. The van der Waals surface area contributed by atoms with E-state index in [2.05, 4.69) is 15.0 Å². The van der Waals surface area contributed by atoms with Gasteiger partial charge in [0.2, 0.25) is 5.89 Å². The summed E-state index contributed by atoms with van der Waals surface area (Å²) in [6.45, 7) is 0. The summed E-state index contributed by atoms with van der Waals surface area (Å²) in [5, 5.41) is 2.19. The van der Waals surface area contributed by atoms with Crippen molar-refractivity contribution in [3.63, 3.8) is 0 Å². The molecule has 0 radical (unpaired) electrons. The first-order chi connectivity index (χ1) is 14.0. The summed E-state index contributed by atoms with van der Waals surface area (Å²) in [4.78, 5) is 13.1. The number of nitrogens with zero attached hydrogens (tertiary/aromatic N) is 3. The number of benzene rings is 1. The Labute approximate surface area is 177 Å². The number of oxazole rings is 1. The molecule has 0 aliphatic rings. The summed E-state index contributed by atoms with van der Waals surface area (Å²) in [5.74, 6) is 0.00690. The van der Waals surface area contributed by atoms with Crippen molar-refractivity contribution < 1.29 is 13.0 Å². The first-order valence-corrected chi connectivity index (χ1v) is 11.1. The third kappa shape index (κ3) is 4.55. The fourth-order valence-electron chi connectivity index (χ4n) is 2.48. The zero-order valence-corrected chi connectivity index (χ0v) is 17.4. The number of aromatic nitrogens is 3. The van der Waals surface area contributed by atoms with Crippen LogP contribution >= 0.6 is 23.4 Å². The van der Waals surface area contributed by atoms with Crippen LogP contribution in [0.1, 0.15) is 0 Å². The minimum Gasteiger partial charge on any atom is -0.429 e. The van der Waals surface area contributed by atoms with Crippen molar-refractivity contribution in [2.75, 3.05) is 6.26 Å². The van der Waals surface area contributed by atoms with Gasteiger partial charge in [0.25, 0.3) is 0 Å². The second-order valence-electron chi connectivity index (χ2n) is 5.92. The fourth-order valence-corrected chi connectivity index (χ4v) is 3.87. The molecule has 0 unspecified atom stereocenters. The van der Waals surface area contributed by atoms with E-state index in [1.165, 1.54) is 23.9 Å². The van der Waals surface area contributed by atoms with Gasteiger partial charge in [-0.05, 0) is 60.3 Å². The number of pyridine rings is 2. The molecule has 0 spiro atoms. The molecule has 0 N–H and O–H groups in total. The van der Waals surface area contributed by atoms with E-state index >= 15 is 0 Å². The Morgan fingerprint density at radius 2 is 1.76 bits per heavy atom. The molecule has 1 aromatic carbocycles. The molecule has 3 aromatic heterocycles. The van der Waals surface area contributed by atoms with Crippen LogP contribution < -0.4 is 0 Å². The molecule has 0 aliphatic carbocycles. The first kappa shape index (κ1) is 19.8. The highest BCUT2D eigenvalue weighted by atomic mass is 35.5. The number of hydrogen-bond acceptors (Lipinski definition) is 6. The van der Waals surface area contributed by atoms with Crippen LogP contribution in [0.15, 0.2) is 80.5 Å². The summed E-state index contributed by atoms with van der Waals surface area (Å²) in [6.07, 6.45) is 4.72. The van der Waals surface area contributed by atoms with Gasteiger partial charge >= 0.3 is 0 Å². The molecular weight excluding hydrogens is 433 g/mol. The number of halogens is 2. The zero-order valence-electron chi connectivity index (χ0n) is 15.0. The van der Waals surface area contributed by atoms with Crippen LogP contribution in [0.25, 0.3) is 22.7 Å². The predicted molar refractivity (Wildman–Crippen MR) is 111 cm³/mol. The Balaban J connectivity index is 1.77. The summed E-state index contributed by atoms with van der Waals surface area (Å²) in [7, 11) is -1.18. The van der Waals surface area contributed by atoms with Gasteiger partial charge < -0.3 is 4.42 Å². The Bertz CT molecular complexity index is 1160. The van der Waals surface area contributed by atoms with Gasteiger partial charge in [0.05, 0.1) is 15.8 Å².